The van der Waals surface area contributed by atoms with Crippen LogP contribution in [-0.2, 0) is 22.6 Å². The van der Waals surface area contributed by atoms with Crippen LogP contribution in [0.2, 0.25) is 0 Å². The Morgan fingerprint density at radius 2 is 1.35 bits per heavy atom. The lowest BCUT2D eigenvalue weighted by atomic mass is 10.1. The molecular weight excluding hydrogens is 354 g/mol. The maximum absolute atomic E-state index is 12.0. The molecule has 0 radical (unpaired) electrons. The third kappa shape index (κ3) is 6.55. The van der Waals surface area contributed by atoms with Crippen molar-refractivity contribution in [1.29, 1.82) is 0 Å². The first-order valence-corrected chi connectivity index (χ1v) is 7.68. The largest absolute Gasteiger partial charge is 1.00 e. The number of carbonyl (C=O) groups excluding carboxylic acids is 1. The minimum atomic E-state index is -0.142. The molecular formula is C19H24BrNO2. The fraction of sp³-hybridized carbons (Fsp3) is 0.316. The number of benzene rings is 2. The molecule has 0 saturated heterocycles. The van der Waals surface area contributed by atoms with Gasteiger partial charge in [-0.25, -0.2) is 4.79 Å². The van der Waals surface area contributed by atoms with E-state index in [2.05, 4.69) is 31.3 Å². The van der Waals surface area contributed by atoms with Gasteiger partial charge >= 0.3 is 5.97 Å². The number of halogens is 1. The van der Waals surface area contributed by atoms with Crippen LogP contribution in [0.25, 0.3) is 0 Å². The van der Waals surface area contributed by atoms with Crippen molar-refractivity contribution in [2.24, 2.45) is 0 Å². The molecule has 0 unspecified atom stereocenters. The SMILES string of the molecule is CCOC(=O)C[N+](C)(Cc1ccccc1)Cc1ccccc1.[Br-]. The summed E-state index contributed by atoms with van der Waals surface area (Å²) in [5.74, 6) is -0.142. The van der Waals surface area contributed by atoms with E-state index in [0.29, 0.717) is 17.6 Å². The first kappa shape index (κ1) is 19.4. The summed E-state index contributed by atoms with van der Waals surface area (Å²) in [6.07, 6.45) is 0. The van der Waals surface area contributed by atoms with Crippen LogP contribution in [-0.4, -0.2) is 30.7 Å². The second-order valence-corrected chi connectivity index (χ2v) is 5.87. The minimum absolute atomic E-state index is 0. The molecule has 0 atom stereocenters. The van der Waals surface area contributed by atoms with Gasteiger partial charge in [-0.05, 0) is 6.92 Å². The van der Waals surface area contributed by atoms with Gasteiger partial charge in [0.1, 0.15) is 13.1 Å². The molecule has 2 aromatic rings. The predicted molar refractivity (Wildman–Crippen MR) is 88.0 cm³/mol. The van der Waals surface area contributed by atoms with Gasteiger partial charge in [-0.1, -0.05) is 60.7 Å². The molecule has 0 aliphatic carbocycles. The van der Waals surface area contributed by atoms with E-state index in [4.69, 9.17) is 4.74 Å². The molecule has 4 heteroatoms. The second-order valence-electron chi connectivity index (χ2n) is 5.87. The Balaban J connectivity index is 0.00000264. The van der Waals surface area contributed by atoms with E-state index in [1.807, 2.05) is 43.3 Å². The number of nitrogens with zero attached hydrogens (tertiary/aromatic N) is 1. The third-order valence-electron chi connectivity index (χ3n) is 3.63. The molecule has 0 aromatic heterocycles. The molecule has 0 heterocycles. The van der Waals surface area contributed by atoms with E-state index < -0.39 is 0 Å². The summed E-state index contributed by atoms with van der Waals surface area (Å²) in [5.41, 5.74) is 2.45. The molecule has 0 saturated carbocycles. The summed E-state index contributed by atoms with van der Waals surface area (Å²) in [4.78, 5) is 12.0. The lowest BCUT2D eigenvalue weighted by Crippen LogP contribution is -3.00. The monoisotopic (exact) mass is 377 g/mol. The fourth-order valence-electron chi connectivity index (χ4n) is 2.73. The van der Waals surface area contributed by atoms with Crippen LogP contribution in [0.3, 0.4) is 0 Å². The van der Waals surface area contributed by atoms with Gasteiger partial charge in [0.2, 0.25) is 0 Å². The van der Waals surface area contributed by atoms with Crippen molar-refractivity contribution in [3.8, 4) is 0 Å². The van der Waals surface area contributed by atoms with Gasteiger partial charge in [0.05, 0.1) is 13.7 Å². The Morgan fingerprint density at radius 1 is 0.913 bits per heavy atom. The van der Waals surface area contributed by atoms with Crippen molar-refractivity contribution in [3.05, 3.63) is 71.8 Å². The summed E-state index contributed by atoms with van der Waals surface area (Å²) in [5, 5.41) is 0. The van der Waals surface area contributed by atoms with Gasteiger partial charge in [-0.15, -0.1) is 0 Å². The van der Waals surface area contributed by atoms with Crippen LogP contribution < -0.4 is 17.0 Å². The molecule has 0 bridgehead atoms. The Labute approximate surface area is 149 Å². The Kier molecular flexibility index (Phi) is 8.00. The summed E-state index contributed by atoms with van der Waals surface area (Å²) in [7, 11) is 2.11. The van der Waals surface area contributed by atoms with Crippen molar-refractivity contribution >= 4 is 5.97 Å². The van der Waals surface area contributed by atoms with Crippen LogP contribution in [0, 0.1) is 0 Å². The molecule has 23 heavy (non-hydrogen) atoms. The van der Waals surface area contributed by atoms with Gasteiger partial charge in [0.15, 0.2) is 6.54 Å². The number of carbonyl (C=O) groups is 1. The van der Waals surface area contributed by atoms with Crippen LogP contribution in [0.1, 0.15) is 18.1 Å². The number of esters is 1. The topological polar surface area (TPSA) is 26.3 Å². The molecule has 0 spiro atoms. The zero-order valence-corrected chi connectivity index (χ0v) is 15.3. The Bertz CT molecular complexity index is 545. The highest BCUT2D eigenvalue weighted by molar-refractivity contribution is 5.70. The molecule has 2 rings (SSSR count). The zero-order chi connectivity index (χ0) is 15.8. The van der Waals surface area contributed by atoms with Gasteiger partial charge in [-0.3, -0.25) is 0 Å². The normalized spacial score (nSPS) is 10.7. The molecule has 3 nitrogen and oxygen atoms in total. The number of hydrogen-bond acceptors (Lipinski definition) is 2. The third-order valence-corrected chi connectivity index (χ3v) is 3.63. The van der Waals surface area contributed by atoms with E-state index in [1.165, 1.54) is 11.1 Å². The zero-order valence-electron chi connectivity index (χ0n) is 13.7. The molecule has 0 fully saturated rings. The molecule has 0 aliphatic heterocycles. The van der Waals surface area contributed by atoms with Crippen LogP contribution in [0.5, 0.6) is 0 Å². The first-order valence-electron chi connectivity index (χ1n) is 7.68. The standard InChI is InChI=1S/C19H24NO2.BrH/c1-3-22-19(21)16-20(2,14-17-10-6-4-7-11-17)15-18-12-8-5-9-13-18;/h4-13H,3,14-16H2,1-2H3;1H/q+1;/p-1. The number of ether oxygens (including phenoxy) is 1. The van der Waals surface area contributed by atoms with Crippen molar-refractivity contribution in [1.82, 2.24) is 0 Å². The number of likely N-dealkylation sites (N-methyl/N-ethyl adjacent to an activating group) is 1. The van der Waals surface area contributed by atoms with Crippen molar-refractivity contribution in [2.45, 2.75) is 20.0 Å². The summed E-state index contributed by atoms with van der Waals surface area (Å²) in [6, 6.07) is 20.6. The smallest absolute Gasteiger partial charge is 0.361 e. The average Bonchev–Trinajstić information content (AvgIpc) is 2.49. The number of quaternary nitrogens is 1. The van der Waals surface area contributed by atoms with Crippen LogP contribution in [0.15, 0.2) is 60.7 Å². The Morgan fingerprint density at radius 3 is 1.74 bits per heavy atom. The fourth-order valence-corrected chi connectivity index (χ4v) is 2.73. The van der Waals surface area contributed by atoms with Gasteiger partial charge in [0.25, 0.3) is 0 Å². The van der Waals surface area contributed by atoms with E-state index >= 15 is 0 Å². The highest BCUT2D eigenvalue weighted by Gasteiger charge is 2.27. The summed E-state index contributed by atoms with van der Waals surface area (Å²) >= 11 is 0. The predicted octanol–water partition coefficient (Wildman–Crippen LogP) is 0.401. The maximum Gasteiger partial charge on any atom is 0.361 e. The summed E-state index contributed by atoms with van der Waals surface area (Å²) < 4.78 is 5.76. The summed E-state index contributed by atoms with van der Waals surface area (Å²) in [6.45, 7) is 4.24. The van der Waals surface area contributed by atoms with Crippen LogP contribution in [0.4, 0.5) is 0 Å². The van der Waals surface area contributed by atoms with Gasteiger partial charge < -0.3 is 26.2 Å². The molecule has 0 amide bonds. The average molecular weight is 378 g/mol. The van der Waals surface area contributed by atoms with E-state index in [9.17, 15) is 4.79 Å². The van der Waals surface area contributed by atoms with Gasteiger partial charge in [0, 0.05) is 11.1 Å². The highest BCUT2D eigenvalue weighted by Crippen LogP contribution is 2.17. The minimum Gasteiger partial charge on any atom is -1.00 e. The van der Waals surface area contributed by atoms with Crippen LogP contribution >= 0.6 is 0 Å². The van der Waals surface area contributed by atoms with Crippen molar-refractivity contribution < 1.29 is 31.0 Å². The quantitative estimate of drug-likeness (QED) is 0.515. The molecule has 0 N–H and O–H groups in total. The molecule has 0 aliphatic rings. The second kappa shape index (κ2) is 9.48. The number of rotatable bonds is 7. The highest BCUT2D eigenvalue weighted by atomic mass is 79.9. The van der Waals surface area contributed by atoms with E-state index in [-0.39, 0.29) is 23.0 Å². The number of hydrogen-bond donors (Lipinski definition) is 0. The van der Waals surface area contributed by atoms with E-state index in [0.717, 1.165) is 13.1 Å². The molecule has 124 valence electrons. The lowest BCUT2D eigenvalue weighted by molar-refractivity contribution is -0.928. The van der Waals surface area contributed by atoms with Crippen molar-refractivity contribution in [3.63, 3.8) is 0 Å². The molecule has 2 aromatic carbocycles. The maximum atomic E-state index is 12.0. The van der Waals surface area contributed by atoms with E-state index in [1.54, 1.807) is 0 Å². The van der Waals surface area contributed by atoms with Crippen molar-refractivity contribution in [2.75, 3.05) is 20.2 Å². The lowest BCUT2D eigenvalue weighted by Gasteiger charge is -2.33. The van der Waals surface area contributed by atoms with Gasteiger partial charge in [-0.2, -0.15) is 0 Å². The Hall–Kier alpha value is -1.65. The first-order chi connectivity index (χ1) is 10.6.